The quantitative estimate of drug-likeness (QED) is 0.439. The summed E-state index contributed by atoms with van der Waals surface area (Å²) in [5, 5.41) is 14.2. The first-order valence-corrected chi connectivity index (χ1v) is 8.16. The van der Waals surface area contributed by atoms with E-state index >= 15 is 0 Å². The van der Waals surface area contributed by atoms with Crippen molar-refractivity contribution in [1.82, 2.24) is 5.32 Å². The van der Waals surface area contributed by atoms with Crippen LogP contribution < -0.4 is 10.1 Å². The minimum atomic E-state index is -0.426. The SMILES string of the molecule is O=[N+]([O-])c1cc(Br)c(OCCCC2CCCN2)c(Br)c1. The van der Waals surface area contributed by atoms with Gasteiger partial charge in [-0.2, -0.15) is 0 Å². The summed E-state index contributed by atoms with van der Waals surface area (Å²) in [6.07, 6.45) is 4.56. The number of hydrogen-bond donors (Lipinski definition) is 1. The van der Waals surface area contributed by atoms with Crippen LogP contribution in [0.2, 0.25) is 0 Å². The fraction of sp³-hybridized carbons (Fsp3) is 0.538. The van der Waals surface area contributed by atoms with Gasteiger partial charge in [0.1, 0.15) is 5.75 Å². The molecular weight excluding hydrogens is 392 g/mol. The molecule has 5 nitrogen and oxygen atoms in total. The maximum absolute atomic E-state index is 10.7. The molecule has 1 aromatic carbocycles. The Kier molecular flexibility index (Phi) is 5.80. The van der Waals surface area contributed by atoms with Gasteiger partial charge in [0.15, 0.2) is 0 Å². The Morgan fingerprint density at radius 2 is 2.10 bits per heavy atom. The van der Waals surface area contributed by atoms with Gasteiger partial charge in [0.05, 0.1) is 20.5 Å². The molecule has 2 rings (SSSR count). The smallest absolute Gasteiger partial charge is 0.271 e. The lowest BCUT2D eigenvalue weighted by molar-refractivity contribution is -0.385. The second-order valence-electron chi connectivity index (χ2n) is 4.78. The normalized spacial score (nSPS) is 18.2. The molecular formula is C13H16Br2N2O3. The number of nitro benzene ring substituents is 1. The molecule has 1 saturated heterocycles. The Hall–Kier alpha value is -0.660. The number of benzene rings is 1. The molecule has 0 aromatic heterocycles. The lowest BCUT2D eigenvalue weighted by Gasteiger charge is -2.12. The highest BCUT2D eigenvalue weighted by Gasteiger charge is 2.16. The van der Waals surface area contributed by atoms with Crippen LogP contribution in [0.15, 0.2) is 21.1 Å². The summed E-state index contributed by atoms with van der Waals surface area (Å²) in [6, 6.07) is 3.53. The fourth-order valence-corrected chi connectivity index (χ4v) is 3.69. The molecule has 0 spiro atoms. The van der Waals surface area contributed by atoms with Crippen LogP contribution in [0.1, 0.15) is 25.7 Å². The molecule has 1 heterocycles. The molecule has 1 atom stereocenters. The van der Waals surface area contributed by atoms with E-state index in [0.29, 0.717) is 27.3 Å². The number of nitrogens with one attached hydrogen (secondary N) is 1. The van der Waals surface area contributed by atoms with E-state index in [9.17, 15) is 10.1 Å². The molecule has 1 N–H and O–H groups in total. The van der Waals surface area contributed by atoms with Crippen molar-refractivity contribution >= 4 is 37.5 Å². The molecule has 1 aliphatic rings. The van der Waals surface area contributed by atoms with Crippen molar-refractivity contribution in [2.75, 3.05) is 13.2 Å². The van der Waals surface area contributed by atoms with Crippen molar-refractivity contribution in [2.24, 2.45) is 0 Å². The van der Waals surface area contributed by atoms with Crippen molar-refractivity contribution in [2.45, 2.75) is 31.7 Å². The van der Waals surface area contributed by atoms with E-state index in [4.69, 9.17) is 4.74 Å². The number of halogens is 2. The number of hydrogen-bond acceptors (Lipinski definition) is 4. The Labute approximate surface area is 134 Å². The standard InChI is InChI=1S/C13H16Br2N2O3/c14-11-7-10(17(18)19)8-12(15)13(11)20-6-2-4-9-3-1-5-16-9/h7-9,16H,1-6H2. The van der Waals surface area contributed by atoms with Crippen molar-refractivity contribution < 1.29 is 9.66 Å². The summed E-state index contributed by atoms with van der Waals surface area (Å²) in [5.74, 6) is 0.620. The maximum Gasteiger partial charge on any atom is 0.271 e. The minimum absolute atomic E-state index is 0.0336. The van der Waals surface area contributed by atoms with E-state index in [1.807, 2.05) is 0 Å². The van der Waals surface area contributed by atoms with Crippen molar-refractivity contribution in [3.63, 3.8) is 0 Å². The second kappa shape index (κ2) is 7.38. The number of rotatable bonds is 6. The van der Waals surface area contributed by atoms with Gasteiger partial charge in [0.2, 0.25) is 0 Å². The molecule has 7 heteroatoms. The summed E-state index contributed by atoms with van der Waals surface area (Å²) in [4.78, 5) is 10.3. The van der Waals surface area contributed by atoms with Gasteiger partial charge in [-0.3, -0.25) is 10.1 Å². The fourth-order valence-electron chi connectivity index (χ4n) is 2.30. The third-order valence-electron chi connectivity index (χ3n) is 3.30. The number of non-ortho nitro benzene ring substituents is 1. The first-order chi connectivity index (χ1) is 9.58. The molecule has 0 amide bonds. The van der Waals surface area contributed by atoms with Gasteiger partial charge in [-0.25, -0.2) is 0 Å². The first-order valence-electron chi connectivity index (χ1n) is 6.57. The monoisotopic (exact) mass is 406 g/mol. The highest BCUT2D eigenvalue weighted by atomic mass is 79.9. The summed E-state index contributed by atoms with van der Waals surface area (Å²) in [6.45, 7) is 1.72. The number of ether oxygens (including phenoxy) is 1. The van der Waals surface area contributed by atoms with E-state index in [1.54, 1.807) is 0 Å². The predicted octanol–water partition coefficient (Wildman–Crippen LogP) is 4.03. The minimum Gasteiger partial charge on any atom is -0.491 e. The average Bonchev–Trinajstić information content (AvgIpc) is 2.89. The van der Waals surface area contributed by atoms with Crippen molar-refractivity contribution in [3.05, 3.63) is 31.2 Å². The van der Waals surface area contributed by atoms with Gasteiger partial charge >= 0.3 is 0 Å². The Morgan fingerprint density at radius 3 is 2.65 bits per heavy atom. The topological polar surface area (TPSA) is 64.4 Å². The third kappa shape index (κ3) is 4.17. The van der Waals surface area contributed by atoms with E-state index < -0.39 is 4.92 Å². The van der Waals surface area contributed by atoms with Crippen molar-refractivity contribution in [1.29, 1.82) is 0 Å². The van der Waals surface area contributed by atoms with Gasteiger partial charge < -0.3 is 10.1 Å². The molecule has 1 aromatic rings. The number of nitrogens with zero attached hydrogens (tertiary/aromatic N) is 1. The summed E-state index contributed by atoms with van der Waals surface area (Å²) in [7, 11) is 0. The first kappa shape index (κ1) is 15.7. The van der Waals surface area contributed by atoms with E-state index in [2.05, 4.69) is 37.2 Å². The molecule has 0 aliphatic carbocycles. The molecule has 0 bridgehead atoms. The van der Waals surface area contributed by atoms with Crippen LogP contribution >= 0.6 is 31.9 Å². The summed E-state index contributed by atoms with van der Waals surface area (Å²) < 4.78 is 6.91. The highest BCUT2D eigenvalue weighted by Crippen LogP contribution is 2.37. The van der Waals surface area contributed by atoms with Crippen LogP contribution in [0.5, 0.6) is 5.75 Å². The van der Waals surface area contributed by atoms with Crippen LogP contribution in [0.3, 0.4) is 0 Å². The number of nitro groups is 1. The zero-order chi connectivity index (χ0) is 14.5. The Bertz CT molecular complexity index is 467. The zero-order valence-corrected chi connectivity index (χ0v) is 14.1. The second-order valence-corrected chi connectivity index (χ2v) is 6.49. The molecule has 1 aliphatic heterocycles. The van der Waals surface area contributed by atoms with E-state index in [-0.39, 0.29) is 5.69 Å². The van der Waals surface area contributed by atoms with Gasteiger partial charge in [-0.1, -0.05) is 0 Å². The lowest BCUT2D eigenvalue weighted by Crippen LogP contribution is -2.21. The van der Waals surface area contributed by atoms with E-state index in [1.165, 1.54) is 25.0 Å². The lowest BCUT2D eigenvalue weighted by atomic mass is 10.1. The highest BCUT2D eigenvalue weighted by molar-refractivity contribution is 9.11. The van der Waals surface area contributed by atoms with Crippen LogP contribution in [-0.4, -0.2) is 24.1 Å². The van der Waals surface area contributed by atoms with Gasteiger partial charge in [-0.15, -0.1) is 0 Å². The third-order valence-corrected chi connectivity index (χ3v) is 4.48. The van der Waals surface area contributed by atoms with Crippen LogP contribution in [-0.2, 0) is 0 Å². The largest absolute Gasteiger partial charge is 0.491 e. The Balaban J connectivity index is 1.87. The molecule has 20 heavy (non-hydrogen) atoms. The van der Waals surface area contributed by atoms with Crippen LogP contribution in [0.4, 0.5) is 5.69 Å². The molecule has 0 saturated carbocycles. The summed E-state index contributed by atoms with van der Waals surface area (Å²) in [5.41, 5.74) is 0.0336. The van der Waals surface area contributed by atoms with Crippen molar-refractivity contribution in [3.8, 4) is 5.75 Å². The molecule has 1 unspecified atom stereocenters. The molecule has 0 radical (unpaired) electrons. The van der Waals surface area contributed by atoms with Gasteiger partial charge in [-0.05, 0) is 64.1 Å². The van der Waals surface area contributed by atoms with Gasteiger partial charge in [0.25, 0.3) is 5.69 Å². The predicted molar refractivity (Wildman–Crippen MR) is 84.3 cm³/mol. The summed E-state index contributed by atoms with van der Waals surface area (Å²) >= 11 is 6.63. The maximum atomic E-state index is 10.7. The van der Waals surface area contributed by atoms with Gasteiger partial charge in [0, 0.05) is 18.2 Å². The van der Waals surface area contributed by atoms with Crippen LogP contribution in [0, 0.1) is 10.1 Å². The van der Waals surface area contributed by atoms with Crippen LogP contribution in [0.25, 0.3) is 0 Å². The van der Waals surface area contributed by atoms with E-state index in [0.717, 1.165) is 19.4 Å². The average molecular weight is 408 g/mol. The zero-order valence-electron chi connectivity index (χ0n) is 10.9. The molecule has 1 fully saturated rings. The molecule has 110 valence electrons. The Morgan fingerprint density at radius 1 is 1.40 bits per heavy atom.